The van der Waals surface area contributed by atoms with Gasteiger partial charge in [0.25, 0.3) is 0 Å². The Hall–Kier alpha value is -1.99. The summed E-state index contributed by atoms with van der Waals surface area (Å²) >= 11 is 9.52. The van der Waals surface area contributed by atoms with Crippen molar-refractivity contribution in [2.75, 3.05) is 0 Å². The molecule has 1 aliphatic rings. The topological polar surface area (TPSA) is 80.2 Å². The molecule has 1 fully saturated rings. The van der Waals surface area contributed by atoms with Gasteiger partial charge in [0.15, 0.2) is 0 Å². The molecule has 1 aliphatic carbocycles. The largest absolute Gasteiger partial charge is 0.486 e. The first-order valence-corrected chi connectivity index (χ1v) is 9.43. The van der Waals surface area contributed by atoms with E-state index < -0.39 is 0 Å². The molecule has 6 nitrogen and oxygen atoms in total. The molecule has 26 heavy (non-hydrogen) atoms. The zero-order valence-corrected chi connectivity index (χ0v) is 16.4. The fraction of sp³-hybridized carbons (Fsp3) is 0.333. The number of amides is 1. The molecule has 0 bridgehead atoms. The molecule has 0 saturated heterocycles. The number of rotatable bonds is 6. The monoisotopic (exact) mass is 437 g/mol. The van der Waals surface area contributed by atoms with Crippen LogP contribution in [0.25, 0.3) is 10.9 Å². The van der Waals surface area contributed by atoms with Crippen molar-refractivity contribution in [3.05, 3.63) is 45.3 Å². The number of halogens is 2. The molecule has 2 N–H and O–H groups in total. The summed E-state index contributed by atoms with van der Waals surface area (Å²) in [6.07, 6.45) is 1.92. The maximum absolute atomic E-state index is 12.1. The Morgan fingerprint density at radius 3 is 2.92 bits per heavy atom. The first kappa shape index (κ1) is 17.4. The minimum atomic E-state index is -0.174. The number of carbonyl (C=O) groups excluding carboxylic acids is 1. The molecule has 2 heterocycles. The summed E-state index contributed by atoms with van der Waals surface area (Å²) in [4.78, 5) is 15.4. The van der Waals surface area contributed by atoms with E-state index in [1.54, 1.807) is 6.07 Å². The van der Waals surface area contributed by atoms with Crippen LogP contribution in [-0.4, -0.2) is 16.0 Å². The second kappa shape index (κ2) is 6.63. The number of nitrogens with zero attached hydrogens (tertiary/aromatic N) is 1. The van der Waals surface area contributed by atoms with E-state index in [0.29, 0.717) is 27.7 Å². The first-order chi connectivity index (χ1) is 12.4. The summed E-state index contributed by atoms with van der Waals surface area (Å²) in [5.41, 5.74) is 2.31. The van der Waals surface area contributed by atoms with E-state index in [9.17, 15) is 4.79 Å². The Labute approximate surface area is 163 Å². The maximum Gasteiger partial charge on any atom is 0.226 e. The van der Waals surface area contributed by atoms with Crippen molar-refractivity contribution in [3.63, 3.8) is 0 Å². The number of hydrogen-bond donors (Lipinski definition) is 2. The van der Waals surface area contributed by atoms with Gasteiger partial charge in [0, 0.05) is 34.1 Å². The van der Waals surface area contributed by atoms with Gasteiger partial charge in [-0.25, -0.2) is 0 Å². The van der Waals surface area contributed by atoms with Crippen molar-refractivity contribution in [1.82, 2.24) is 15.5 Å². The van der Waals surface area contributed by atoms with Crippen LogP contribution in [0.1, 0.15) is 31.2 Å². The quantitative estimate of drug-likeness (QED) is 0.591. The highest BCUT2D eigenvalue weighted by molar-refractivity contribution is 9.10. The van der Waals surface area contributed by atoms with Crippen LogP contribution < -0.4 is 10.1 Å². The molecule has 2 aromatic heterocycles. The van der Waals surface area contributed by atoms with Gasteiger partial charge < -0.3 is 19.6 Å². The molecule has 0 unspecified atom stereocenters. The number of aromatic nitrogens is 2. The van der Waals surface area contributed by atoms with Crippen molar-refractivity contribution in [2.24, 2.45) is 5.41 Å². The summed E-state index contributed by atoms with van der Waals surface area (Å²) in [6, 6.07) is 7.41. The van der Waals surface area contributed by atoms with Crippen LogP contribution >= 0.6 is 27.5 Å². The number of carbonyl (C=O) groups is 1. The zero-order valence-electron chi connectivity index (χ0n) is 14.1. The van der Waals surface area contributed by atoms with Crippen molar-refractivity contribution in [3.8, 4) is 5.75 Å². The minimum Gasteiger partial charge on any atom is -0.486 e. The van der Waals surface area contributed by atoms with Gasteiger partial charge in [-0.05, 0) is 40.9 Å². The predicted octanol–water partition coefficient (Wildman–Crippen LogP) is 4.57. The van der Waals surface area contributed by atoms with Gasteiger partial charge in [-0.1, -0.05) is 23.7 Å². The lowest BCUT2D eigenvalue weighted by atomic mass is 10.1. The molecule has 1 amide bonds. The third kappa shape index (κ3) is 3.59. The van der Waals surface area contributed by atoms with Gasteiger partial charge in [-0.15, -0.1) is 0 Å². The molecule has 0 atom stereocenters. The molecular weight excluding hydrogens is 422 g/mol. The van der Waals surface area contributed by atoms with Crippen LogP contribution in [0.5, 0.6) is 5.75 Å². The Balaban J connectivity index is 1.46. The number of nitrogens with one attached hydrogen (secondary N) is 2. The van der Waals surface area contributed by atoms with Crippen LogP contribution in [0.15, 0.2) is 33.5 Å². The molecule has 1 aromatic carbocycles. The SMILES string of the molecule is CC1(C(=O)NCc2cc3cc(Cl)c(OCc4cc(Br)on4)cc3[nH]2)CC1. The number of fused-ring (bicyclic) bond motifs is 1. The average Bonchev–Trinajstić information content (AvgIpc) is 3.04. The second-order valence-electron chi connectivity index (χ2n) is 6.82. The summed E-state index contributed by atoms with van der Waals surface area (Å²) in [7, 11) is 0. The van der Waals surface area contributed by atoms with Crippen LogP contribution in [-0.2, 0) is 17.9 Å². The lowest BCUT2D eigenvalue weighted by Gasteiger charge is -2.08. The highest BCUT2D eigenvalue weighted by Gasteiger charge is 2.44. The number of H-pyrrole nitrogens is 1. The van der Waals surface area contributed by atoms with Gasteiger partial charge in [0.1, 0.15) is 18.1 Å². The number of hydrogen-bond acceptors (Lipinski definition) is 4. The molecular formula is C18H17BrClN3O3. The molecule has 8 heteroatoms. The standard InChI is InChI=1S/C18H17BrClN3O3/c1-18(2-3-18)17(24)21-8-11-4-10-5-13(20)15(7-14(10)22-11)25-9-12-6-16(19)26-23-12/h4-7,22H,2-3,8-9H2,1H3,(H,21,24). The normalized spacial score (nSPS) is 15.2. The lowest BCUT2D eigenvalue weighted by Crippen LogP contribution is -2.29. The van der Waals surface area contributed by atoms with E-state index in [-0.39, 0.29) is 17.9 Å². The molecule has 3 aromatic rings. The van der Waals surface area contributed by atoms with Crippen LogP contribution in [0, 0.1) is 5.41 Å². The predicted molar refractivity (Wildman–Crippen MR) is 101 cm³/mol. The van der Waals surface area contributed by atoms with E-state index in [0.717, 1.165) is 29.4 Å². The summed E-state index contributed by atoms with van der Waals surface area (Å²) in [5, 5.41) is 8.32. The highest BCUT2D eigenvalue weighted by atomic mass is 79.9. The van der Waals surface area contributed by atoms with Gasteiger partial charge in [0.05, 0.1) is 11.6 Å². The number of ether oxygens (including phenoxy) is 1. The van der Waals surface area contributed by atoms with Gasteiger partial charge in [-0.2, -0.15) is 0 Å². The molecule has 1 saturated carbocycles. The van der Waals surface area contributed by atoms with Gasteiger partial charge >= 0.3 is 0 Å². The van der Waals surface area contributed by atoms with E-state index in [4.69, 9.17) is 20.9 Å². The fourth-order valence-electron chi connectivity index (χ4n) is 2.71. The third-order valence-electron chi connectivity index (χ3n) is 4.62. The first-order valence-electron chi connectivity index (χ1n) is 8.26. The van der Waals surface area contributed by atoms with Gasteiger partial charge in [0.2, 0.25) is 10.6 Å². The number of benzene rings is 1. The molecule has 4 rings (SSSR count). The number of aromatic amines is 1. The van der Waals surface area contributed by atoms with Crippen LogP contribution in [0.4, 0.5) is 0 Å². The zero-order chi connectivity index (χ0) is 18.3. The van der Waals surface area contributed by atoms with Crippen molar-refractivity contribution in [1.29, 1.82) is 0 Å². The Morgan fingerprint density at radius 1 is 1.42 bits per heavy atom. The van der Waals surface area contributed by atoms with Crippen LogP contribution in [0.2, 0.25) is 5.02 Å². The van der Waals surface area contributed by atoms with E-state index >= 15 is 0 Å². The average molecular weight is 439 g/mol. The molecule has 0 spiro atoms. The molecule has 0 radical (unpaired) electrons. The minimum absolute atomic E-state index is 0.108. The summed E-state index contributed by atoms with van der Waals surface area (Å²) in [5.74, 6) is 0.665. The summed E-state index contributed by atoms with van der Waals surface area (Å²) < 4.78 is 11.2. The summed E-state index contributed by atoms with van der Waals surface area (Å²) in [6.45, 7) is 2.71. The lowest BCUT2D eigenvalue weighted by molar-refractivity contribution is -0.125. The second-order valence-corrected chi connectivity index (χ2v) is 8.01. The molecule has 136 valence electrons. The Kier molecular flexibility index (Phi) is 4.44. The Morgan fingerprint density at radius 2 is 2.23 bits per heavy atom. The van der Waals surface area contributed by atoms with Crippen molar-refractivity contribution < 1.29 is 14.1 Å². The Bertz CT molecular complexity index is 977. The third-order valence-corrected chi connectivity index (χ3v) is 5.29. The van der Waals surface area contributed by atoms with Crippen LogP contribution in [0.3, 0.4) is 0 Å². The smallest absolute Gasteiger partial charge is 0.226 e. The molecule has 0 aliphatic heterocycles. The van der Waals surface area contributed by atoms with E-state index in [1.165, 1.54) is 0 Å². The van der Waals surface area contributed by atoms with E-state index in [1.807, 2.05) is 25.1 Å². The maximum atomic E-state index is 12.1. The van der Waals surface area contributed by atoms with E-state index in [2.05, 4.69) is 31.4 Å². The van der Waals surface area contributed by atoms with Gasteiger partial charge in [-0.3, -0.25) is 4.79 Å². The highest BCUT2D eigenvalue weighted by Crippen LogP contribution is 2.45. The van der Waals surface area contributed by atoms with Crippen molar-refractivity contribution >= 4 is 44.3 Å². The van der Waals surface area contributed by atoms with Crippen molar-refractivity contribution in [2.45, 2.75) is 32.9 Å². The fourth-order valence-corrected chi connectivity index (χ4v) is 3.27.